The molecule has 2 aliphatic rings. The Labute approximate surface area is 163 Å². The van der Waals surface area contributed by atoms with Gasteiger partial charge in [-0.1, -0.05) is 36.4 Å². The number of hydrogen-bond donors (Lipinski definition) is 1. The molecular weight excluding hydrogens is 360 g/mol. The summed E-state index contributed by atoms with van der Waals surface area (Å²) in [5.41, 5.74) is 2.06. The van der Waals surface area contributed by atoms with Crippen LogP contribution in [-0.2, 0) is 30.5 Å². The van der Waals surface area contributed by atoms with Gasteiger partial charge in [0.05, 0.1) is 18.3 Å². The number of hydrogen-bond acceptors (Lipinski definition) is 5. The number of carbonyl (C=O) groups excluding carboxylic acids is 4. The van der Waals surface area contributed by atoms with Crippen LogP contribution in [0.5, 0.6) is 0 Å². The van der Waals surface area contributed by atoms with Gasteiger partial charge in [-0.25, -0.2) is 0 Å². The summed E-state index contributed by atoms with van der Waals surface area (Å²) in [6.45, 7) is 1.92. The van der Waals surface area contributed by atoms with Crippen LogP contribution in [0, 0.1) is 18.8 Å². The number of aryl methyl sites for hydroxylation is 1. The lowest BCUT2D eigenvalue weighted by Crippen LogP contribution is -2.34. The summed E-state index contributed by atoms with van der Waals surface area (Å²) in [4.78, 5) is 49.6. The molecule has 0 radical (unpaired) electrons. The number of esters is 1. The normalized spacial score (nSPS) is 20.8. The van der Waals surface area contributed by atoms with Gasteiger partial charge < -0.3 is 10.1 Å². The summed E-state index contributed by atoms with van der Waals surface area (Å²) in [5.74, 6) is -2.06. The van der Waals surface area contributed by atoms with Gasteiger partial charge in [0, 0.05) is 13.1 Å². The van der Waals surface area contributed by atoms with E-state index >= 15 is 0 Å². The Morgan fingerprint density at radius 2 is 1.75 bits per heavy atom. The lowest BCUT2D eigenvalue weighted by Gasteiger charge is -2.14. The van der Waals surface area contributed by atoms with Gasteiger partial charge in [-0.3, -0.25) is 24.1 Å². The summed E-state index contributed by atoms with van der Waals surface area (Å²) in [7, 11) is 0. The van der Waals surface area contributed by atoms with E-state index in [4.69, 9.17) is 4.74 Å². The van der Waals surface area contributed by atoms with E-state index < -0.39 is 11.9 Å². The Morgan fingerprint density at radius 3 is 2.39 bits per heavy atom. The molecule has 1 aromatic rings. The molecule has 1 heterocycles. The van der Waals surface area contributed by atoms with Crippen LogP contribution in [0.3, 0.4) is 0 Å². The van der Waals surface area contributed by atoms with Crippen molar-refractivity contribution < 1.29 is 23.9 Å². The third kappa shape index (κ3) is 4.47. The van der Waals surface area contributed by atoms with Gasteiger partial charge in [-0.05, 0) is 30.9 Å². The molecule has 0 bridgehead atoms. The lowest BCUT2D eigenvalue weighted by molar-refractivity contribution is -0.150. The molecule has 3 rings (SSSR count). The van der Waals surface area contributed by atoms with Gasteiger partial charge in [-0.15, -0.1) is 0 Å². The quantitative estimate of drug-likeness (QED) is 0.437. The molecule has 1 N–H and O–H groups in total. The monoisotopic (exact) mass is 384 g/mol. The fourth-order valence-electron chi connectivity index (χ4n) is 3.56. The predicted molar refractivity (Wildman–Crippen MR) is 101 cm³/mol. The lowest BCUT2D eigenvalue weighted by atomic mass is 9.85. The zero-order valence-electron chi connectivity index (χ0n) is 15.8. The van der Waals surface area contributed by atoms with Crippen molar-refractivity contribution in [3.8, 4) is 0 Å². The van der Waals surface area contributed by atoms with Crippen LogP contribution in [0.1, 0.15) is 30.4 Å². The molecule has 1 aliphatic carbocycles. The second-order valence-electron chi connectivity index (χ2n) is 7.10. The summed E-state index contributed by atoms with van der Waals surface area (Å²) < 4.78 is 4.96. The first kappa shape index (κ1) is 19.8. The second kappa shape index (κ2) is 8.82. The van der Waals surface area contributed by atoms with E-state index in [9.17, 15) is 19.2 Å². The van der Waals surface area contributed by atoms with Crippen LogP contribution in [-0.4, -0.2) is 41.7 Å². The Balaban J connectivity index is 1.39. The Hall–Kier alpha value is -2.96. The largest absolute Gasteiger partial charge is 0.456 e. The van der Waals surface area contributed by atoms with E-state index in [0.717, 1.165) is 16.0 Å². The average molecular weight is 384 g/mol. The van der Waals surface area contributed by atoms with Crippen LogP contribution in [0.4, 0.5) is 0 Å². The topological polar surface area (TPSA) is 92.8 Å². The number of carbonyl (C=O) groups is 4. The first-order valence-corrected chi connectivity index (χ1v) is 9.44. The van der Waals surface area contributed by atoms with Gasteiger partial charge in [0.1, 0.15) is 0 Å². The highest BCUT2D eigenvalue weighted by Gasteiger charge is 2.46. The number of benzene rings is 1. The first-order chi connectivity index (χ1) is 13.5. The maximum atomic E-state index is 12.3. The van der Waals surface area contributed by atoms with E-state index in [1.165, 1.54) is 0 Å². The summed E-state index contributed by atoms with van der Waals surface area (Å²) in [6.07, 6.45) is 4.85. The molecule has 0 aromatic heterocycles. The third-order valence-corrected chi connectivity index (χ3v) is 5.24. The highest BCUT2D eigenvalue weighted by molar-refractivity contribution is 6.05. The standard InChI is InChI=1S/C21H24N2O5/c1-14-6-2-3-7-15(14)12-22-18(24)13-28-19(25)10-11-23-20(26)16-8-4-5-9-17(16)21(23)27/h2-7,16-17H,8-13H2,1H3,(H,22,24)/t16-,17+. The van der Waals surface area contributed by atoms with Crippen molar-refractivity contribution in [1.29, 1.82) is 0 Å². The molecule has 1 saturated heterocycles. The Kier molecular flexibility index (Phi) is 6.23. The highest BCUT2D eigenvalue weighted by atomic mass is 16.5. The molecule has 1 aliphatic heterocycles. The molecule has 7 heteroatoms. The molecule has 0 saturated carbocycles. The molecule has 28 heavy (non-hydrogen) atoms. The summed E-state index contributed by atoms with van der Waals surface area (Å²) >= 11 is 0. The van der Waals surface area contributed by atoms with Crippen LogP contribution in [0.25, 0.3) is 0 Å². The van der Waals surface area contributed by atoms with Crippen LogP contribution >= 0.6 is 0 Å². The molecule has 3 amide bonds. The van der Waals surface area contributed by atoms with Gasteiger partial charge >= 0.3 is 5.97 Å². The maximum absolute atomic E-state index is 12.3. The van der Waals surface area contributed by atoms with Crippen LogP contribution in [0.15, 0.2) is 36.4 Å². The average Bonchev–Trinajstić information content (AvgIpc) is 2.94. The second-order valence-corrected chi connectivity index (χ2v) is 7.10. The van der Waals surface area contributed by atoms with Crippen molar-refractivity contribution in [2.75, 3.05) is 13.2 Å². The van der Waals surface area contributed by atoms with E-state index in [1.54, 1.807) is 0 Å². The third-order valence-electron chi connectivity index (χ3n) is 5.24. The fourth-order valence-corrected chi connectivity index (χ4v) is 3.56. The molecular formula is C21H24N2O5. The SMILES string of the molecule is Cc1ccccc1CNC(=O)COC(=O)CCN1C(=O)[C@H]2CC=CC[C@H]2C1=O. The van der Waals surface area contributed by atoms with E-state index in [-0.39, 0.29) is 43.2 Å². The Bertz CT molecular complexity index is 791. The molecule has 1 aromatic carbocycles. The molecule has 7 nitrogen and oxygen atoms in total. The number of ether oxygens (including phenoxy) is 1. The number of likely N-dealkylation sites (tertiary alicyclic amines) is 1. The van der Waals surface area contributed by atoms with E-state index in [2.05, 4.69) is 5.32 Å². The van der Waals surface area contributed by atoms with Gasteiger partial charge in [-0.2, -0.15) is 0 Å². The number of nitrogens with one attached hydrogen (secondary N) is 1. The minimum atomic E-state index is -0.611. The maximum Gasteiger partial charge on any atom is 0.308 e. The van der Waals surface area contributed by atoms with Gasteiger partial charge in [0.2, 0.25) is 11.8 Å². The molecule has 1 fully saturated rings. The first-order valence-electron chi connectivity index (χ1n) is 9.44. The Morgan fingerprint density at radius 1 is 1.11 bits per heavy atom. The molecule has 2 atom stereocenters. The van der Waals surface area contributed by atoms with Crippen molar-refractivity contribution in [2.45, 2.75) is 32.7 Å². The molecule has 0 spiro atoms. The molecule has 0 unspecified atom stereocenters. The summed E-state index contributed by atoms with van der Waals surface area (Å²) in [6, 6.07) is 7.68. The number of imide groups is 1. The zero-order chi connectivity index (χ0) is 20.1. The van der Waals surface area contributed by atoms with Crippen molar-refractivity contribution >= 4 is 23.7 Å². The number of nitrogens with zero attached hydrogens (tertiary/aromatic N) is 1. The van der Waals surface area contributed by atoms with Crippen molar-refractivity contribution in [1.82, 2.24) is 10.2 Å². The number of rotatable bonds is 7. The van der Waals surface area contributed by atoms with Gasteiger partial charge in [0.15, 0.2) is 6.61 Å². The predicted octanol–water partition coefficient (Wildman–Crippen LogP) is 1.50. The van der Waals surface area contributed by atoms with Crippen LogP contribution in [0.2, 0.25) is 0 Å². The minimum absolute atomic E-state index is 0.00563. The number of amides is 3. The minimum Gasteiger partial charge on any atom is -0.456 e. The summed E-state index contributed by atoms with van der Waals surface area (Å²) in [5, 5.41) is 2.70. The zero-order valence-corrected chi connectivity index (χ0v) is 15.8. The highest BCUT2D eigenvalue weighted by Crippen LogP contribution is 2.34. The number of allylic oxidation sites excluding steroid dienone is 2. The van der Waals surface area contributed by atoms with Gasteiger partial charge in [0.25, 0.3) is 5.91 Å². The van der Waals surface area contributed by atoms with E-state index in [0.29, 0.717) is 19.4 Å². The van der Waals surface area contributed by atoms with Crippen LogP contribution < -0.4 is 5.32 Å². The van der Waals surface area contributed by atoms with Crippen molar-refractivity contribution in [3.05, 3.63) is 47.5 Å². The van der Waals surface area contributed by atoms with E-state index in [1.807, 2.05) is 43.3 Å². The fraction of sp³-hybridized carbons (Fsp3) is 0.429. The van der Waals surface area contributed by atoms with Crippen molar-refractivity contribution in [2.24, 2.45) is 11.8 Å². The van der Waals surface area contributed by atoms with Crippen molar-refractivity contribution in [3.63, 3.8) is 0 Å². The number of fused-ring (bicyclic) bond motifs is 1. The molecule has 148 valence electrons. The smallest absolute Gasteiger partial charge is 0.308 e.